The molecule has 1 atom stereocenters. The van der Waals surface area contributed by atoms with Gasteiger partial charge < -0.3 is 4.90 Å². The molecule has 0 fully saturated rings. The first-order valence-electron chi connectivity index (χ1n) is 22.9. The quantitative estimate of drug-likeness (QED) is 0.0270. The van der Waals surface area contributed by atoms with Crippen molar-refractivity contribution in [1.29, 1.82) is 0 Å². The highest BCUT2D eigenvalue weighted by atomic mass is 15.2. The van der Waals surface area contributed by atoms with Crippen LogP contribution in [0.25, 0.3) is 0 Å². The number of hydrogen-bond donors (Lipinski definition) is 0. The summed E-state index contributed by atoms with van der Waals surface area (Å²) in [6.45, 7) is 21.8. The van der Waals surface area contributed by atoms with E-state index < -0.39 is 0 Å². The second-order valence-corrected chi connectivity index (χ2v) is 15.0. The molecule has 0 aliphatic heterocycles. The average molecular weight is 723 g/mol. The third-order valence-corrected chi connectivity index (χ3v) is 10.7. The highest BCUT2D eigenvalue weighted by Gasteiger charge is 2.20. The van der Waals surface area contributed by atoms with Crippen molar-refractivity contribution in [1.82, 2.24) is 9.80 Å². The second kappa shape index (κ2) is 42.0. The van der Waals surface area contributed by atoms with Gasteiger partial charge in [0.25, 0.3) is 0 Å². The van der Waals surface area contributed by atoms with Gasteiger partial charge >= 0.3 is 0 Å². The molecule has 0 rings (SSSR count). The van der Waals surface area contributed by atoms with Crippen molar-refractivity contribution in [2.45, 2.75) is 202 Å². The molecule has 52 heavy (non-hydrogen) atoms. The molecule has 0 aliphatic carbocycles. The number of unbranched alkanes of at least 4 members (excludes halogenated alkanes) is 15. The van der Waals surface area contributed by atoms with Crippen LogP contribution >= 0.6 is 0 Å². The maximum atomic E-state index is 2.87. The lowest BCUT2D eigenvalue weighted by atomic mass is 10.00. The zero-order chi connectivity index (χ0) is 38.0. The molecular weight excluding hydrogens is 631 g/mol. The highest BCUT2D eigenvalue weighted by molar-refractivity contribution is 5.46. The molecule has 0 aromatic rings. The van der Waals surface area contributed by atoms with Gasteiger partial charge in [-0.05, 0) is 116 Å². The normalized spacial score (nSPS) is 13.7. The molecular formula is C49H92N3+. The van der Waals surface area contributed by atoms with Gasteiger partial charge in [-0.25, -0.2) is 4.58 Å². The van der Waals surface area contributed by atoms with E-state index >= 15 is 0 Å². The molecule has 0 spiro atoms. The first-order valence-corrected chi connectivity index (χ1v) is 22.9. The molecule has 0 aromatic heterocycles. The van der Waals surface area contributed by atoms with Crippen LogP contribution in [0.15, 0.2) is 60.8 Å². The molecule has 1 unspecified atom stereocenters. The van der Waals surface area contributed by atoms with E-state index in [9.17, 15) is 0 Å². The minimum atomic E-state index is 0.688. The highest BCUT2D eigenvalue weighted by Crippen LogP contribution is 2.18. The van der Waals surface area contributed by atoms with E-state index in [0.29, 0.717) is 6.04 Å². The molecule has 302 valence electrons. The van der Waals surface area contributed by atoms with Crippen LogP contribution in [0.2, 0.25) is 0 Å². The van der Waals surface area contributed by atoms with Crippen LogP contribution in [0, 0.1) is 0 Å². The Morgan fingerprint density at radius 3 is 1.48 bits per heavy atom. The Balaban J connectivity index is 4.75. The molecule has 3 heteroatoms. The van der Waals surface area contributed by atoms with E-state index in [4.69, 9.17) is 0 Å². The topological polar surface area (TPSA) is 9.49 Å². The van der Waals surface area contributed by atoms with Crippen LogP contribution in [0.4, 0.5) is 0 Å². The lowest BCUT2D eigenvalue weighted by Crippen LogP contribution is -2.44. The van der Waals surface area contributed by atoms with Gasteiger partial charge in [-0.15, -0.1) is 0 Å². The van der Waals surface area contributed by atoms with Crippen molar-refractivity contribution in [3.63, 3.8) is 0 Å². The van der Waals surface area contributed by atoms with E-state index in [0.717, 1.165) is 32.6 Å². The van der Waals surface area contributed by atoms with Crippen molar-refractivity contribution in [2.75, 3.05) is 45.8 Å². The maximum absolute atomic E-state index is 2.87. The average Bonchev–Trinajstić information content (AvgIpc) is 3.16. The summed E-state index contributed by atoms with van der Waals surface area (Å²) in [6, 6.07) is 0.688. The summed E-state index contributed by atoms with van der Waals surface area (Å²) in [5, 5.41) is 0. The van der Waals surface area contributed by atoms with Gasteiger partial charge in [-0.2, -0.15) is 0 Å². The minimum absolute atomic E-state index is 0.688. The molecule has 0 saturated carbocycles. The molecule has 0 aromatic carbocycles. The number of rotatable bonds is 39. The van der Waals surface area contributed by atoms with Crippen molar-refractivity contribution in [3.8, 4) is 0 Å². The monoisotopic (exact) mass is 723 g/mol. The fourth-order valence-electron chi connectivity index (χ4n) is 6.93. The number of hydrogen-bond acceptors (Lipinski definition) is 2. The zero-order valence-electron chi connectivity index (χ0n) is 36.2. The Morgan fingerprint density at radius 1 is 0.442 bits per heavy atom. The molecule has 0 saturated heterocycles. The van der Waals surface area contributed by atoms with Gasteiger partial charge in [0.2, 0.25) is 0 Å². The summed E-state index contributed by atoms with van der Waals surface area (Å²) in [6.07, 6.45) is 57.4. The third kappa shape index (κ3) is 34.1. The standard InChI is InChI=1S/C49H92N3/c1-7-13-15-17-19-21-23-25-27-29-31-33-35-37-39-41-43-49(52(47-45-50(9-3)10-4)48-46-51(11-5)12-6)44-42-40-38-36-34-32-30-28-26-24-22-20-18-16-14-8-2/h9,17,19-20,22,25-28,37,39,49H,7-8,10-16,18,21,23-24,29-36,38,40-48H2,1-6H3/q+1/b19-17+,22-20-,27-25-,28-26-,39-37+,50-9?. The van der Waals surface area contributed by atoms with Gasteiger partial charge in [-0.1, -0.05) is 146 Å². The molecule has 3 nitrogen and oxygen atoms in total. The molecule has 0 N–H and O–H groups in total. The van der Waals surface area contributed by atoms with Crippen molar-refractivity contribution in [2.24, 2.45) is 0 Å². The predicted octanol–water partition coefficient (Wildman–Crippen LogP) is 14.3. The van der Waals surface area contributed by atoms with Gasteiger partial charge in [0.05, 0.1) is 6.54 Å². The summed E-state index contributed by atoms with van der Waals surface area (Å²) in [7, 11) is 0. The Morgan fingerprint density at radius 2 is 0.923 bits per heavy atom. The summed E-state index contributed by atoms with van der Waals surface area (Å²) in [4.78, 5) is 5.48. The fraction of sp³-hybridized carbons (Fsp3) is 0.776. The number of nitrogens with zero attached hydrogens (tertiary/aromatic N) is 3. The Bertz CT molecular complexity index is 890. The van der Waals surface area contributed by atoms with E-state index in [-0.39, 0.29) is 0 Å². The SMILES string of the molecule is CC=[N+](CC)CCN(CCN(CC)CC)C(CC/C=C/CCCC/C=C\CC/C=C/CCCC)CCCCCCCC/C=C\C/C=C\CCCCC. The Hall–Kier alpha value is -1.71. The van der Waals surface area contributed by atoms with E-state index in [1.54, 1.807) is 0 Å². The smallest absolute Gasteiger partial charge is 0.155 e. The van der Waals surface area contributed by atoms with Gasteiger partial charge in [0.1, 0.15) is 12.8 Å². The third-order valence-electron chi connectivity index (χ3n) is 10.7. The van der Waals surface area contributed by atoms with Gasteiger partial charge in [0, 0.05) is 26.1 Å². The van der Waals surface area contributed by atoms with Crippen molar-refractivity contribution >= 4 is 6.21 Å². The lowest BCUT2D eigenvalue weighted by Gasteiger charge is -2.33. The summed E-state index contributed by atoms with van der Waals surface area (Å²) in [5.41, 5.74) is 0. The van der Waals surface area contributed by atoms with Crippen LogP contribution in [-0.2, 0) is 0 Å². The van der Waals surface area contributed by atoms with Gasteiger partial charge in [-0.3, -0.25) is 4.90 Å². The van der Waals surface area contributed by atoms with Crippen LogP contribution in [0.3, 0.4) is 0 Å². The lowest BCUT2D eigenvalue weighted by molar-refractivity contribution is -0.520. The number of allylic oxidation sites excluding steroid dienone is 10. The molecule has 0 heterocycles. The van der Waals surface area contributed by atoms with Crippen LogP contribution < -0.4 is 0 Å². The predicted molar refractivity (Wildman–Crippen MR) is 238 cm³/mol. The van der Waals surface area contributed by atoms with E-state index in [2.05, 4.69) is 123 Å². The van der Waals surface area contributed by atoms with Gasteiger partial charge in [0.15, 0.2) is 6.54 Å². The fourth-order valence-corrected chi connectivity index (χ4v) is 6.93. The summed E-state index contributed by atoms with van der Waals surface area (Å²) in [5.74, 6) is 0. The molecule has 0 aliphatic rings. The molecule has 0 bridgehead atoms. The van der Waals surface area contributed by atoms with E-state index in [1.165, 1.54) is 167 Å². The van der Waals surface area contributed by atoms with Crippen LogP contribution in [0.5, 0.6) is 0 Å². The Labute approximate surface area is 327 Å². The first kappa shape index (κ1) is 50.3. The van der Waals surface area contributed by atoms with Crippen molar-refractivity contribution < 1.29 is 4.58 Å². The molecule has 0 amide bonds. The largest absolute Gasteiger partial charge is 0.303 e. The summed E-state index contributed by atoms with van der Waals surface area (Å²) >= 11 is 0. The van der Waals surface area contributed by atoms with Crippen LogP contribution in [0.1, 0.15) is 196 Å². The second-order valence-electron chi connectivity index (χ2n) is 15.0. The minimum Gasteiger partial charge on any atom is -0.303 e. The summed E-state index contributed by atoms with van der Waals surface area (Å²) < 4.78 is 2.49. The van der Waals surface area contributed by atoms with Crippen molar-refractivity contribution in [3.05, 3.63) is 60.8 Å². The maximum Gasteiger partial charge on any atom is 0.155 e. The van der Waals surface area contributed by atoms with Crippen LogP contribution in [-0.4, -0.2) is 72.4 Å². The first-order chi connectivity index (χ1) is 25.7. The van der Waals surface area contributed by atoms with E-state index in [1.807, 2.05) is 0 Å². The zero-order valence-corrected chi connectivity index (χ0v) is 36.2. The number of likely N-dealkylation sites (N-methyl/N-ethyl adjacent to an activating group) is 2. The Kier molecular flexibility index (Phi) is 40.7. The molecule has 0 radical (unpaired) electrons.